The number of nitrogens with two attached hydrogens (primary N) is 1. The third kappa shape index (κ3) is 5.37. The molecule has 0 fully saturated rings. The molecule has 0 aliphatic carbocycles. The summed E-state index contributed by atoms with van der Waals surface area (Å²) in [5.74, 6) is 0.166. The second-order valence-electron chi connectivity index (χ2n) is 6.54. The van der Waals surface area contributed by atoms with Crippen molar-refractivity contribution in [2.24, 2.45) is 0 Å². The summed E-state index contributed by atoms with van der Waals surface area (Å²) in [5.41, 5.74) is 8.20. The summed E-state index contributed by atoms with van der Waals surface area (Å²) in [6, 6.07) is 20.5. The normalized spacial score (nSPS) is 10.1. The van der Waals surface area contributed by atoms with Gasteiger partial charge in [0.15, 0.2) is 0 Å². The molecular formula is C24H20N4O3S. The molecule has 3 rings (SSSR count). The summed E-state index contributed by atoms with van der Waals surface area (Å²) in [6.45, 7) is 2.56. The maximum absolute atomic E-state index is 12.2. The standard InChI is InChI=1S/C24H20N4O3S/c1-2-30-18-10-8-17(9-11-18)22-19(12-25)23(27)28-24(20(22)13-26)32-15-21(29)31-14-16-6-4-3-5-7-16/h3-11H,2,14-15H2,1H3,(H2,27,28). The van der Waals surface area contributed by atoms with E-state index in [-0.39, 0.29) is 34.3 Å². The minimum atomic E-state index is -0.449. The Hall–Kier alpha value is -4.01. The van der Waals surface area contributed by atoms with Gasteiger partial charge in [-0.25, -0.2) is 4.98 Å². The van der Waals surface area contributed by atoms with Gasteiger partial charge in [-0.15, -0.1) is 0 Å². The Labute approximate surface area is 190 Å². The number of nitrogens with zero attached hydrogens (tertiary/aromatic N) is 3. The van der Waals surface area contributed by atoms with Crippen molar-refractivity contribution >= 4 is 23.5 Å². The second-order valence-corrected chi connectivity index (χ2v) is 7.51. The number of nitriles is 2. The number of hydrogen-bond donors (Lipinski definition) is 1. The van der Waals surface area contributed by atoms with Crippen LogP contribution in [-0.2, 0) is 16.1 Å². The third-order valence-corrected chi connectivity index (χ3v) is 5.39. The van der Waals surface area contributed by atoms with Gasteiger partial charge in [0.1, 0.15) is 40.9 Å². The number of benzene rings is 2. The number of esters is 1. The van der Waals surface area contributed by atoms with E-state index in [0.29, 0.717) is 23.5 Å². The Morgan fingerprint density at radius 3 is 2.38 bits per heavy atom. The number of thioether (sulfide) groups is 1. The van der Waals surface area contributed by atoms with E-state index < -0.39 is 5.97 Å². The van der Waals surface area contributed by atoms with E-state index in [9.17, 15) is 15.3 Å². The van der Waals surface area contributed by atoms with Crippen molar-refractivity contribution in [2.45, 2.75) is 18.6 Å². The minimum absolute atomic E-state index is 0.00413. The van der Waals surface area contributed by atoms with Crippen molar-refractivity contribution in [3.63, 3.8) is 0 Å². The van der Waals surface area contributed by atoms with Crippen LogP contribution < -0.4 is 10.5 Å². The molecule has 0 aliphatic heterocycles. The molecule has 8 heteroatoms. The highest BCUT2D eigenvalue weighted by Gasteiger charge is 2.21. The number of anilines is 1. The molecule has 0 amide bonds. The maximum Gasteiger partial charge on any atom is 0.316 e. The molecule has 0 spiro atoms. The Kier molecular flexibility index (Phi) is 7.69. The summed E-state index contributed by atoms with van der Waals surface area (Å²) in [5, 5.41) is 19.7. The first-order chi connectivity index (χ1) is 15.6. The second kappa shape index (κ2) is 10.9. The largest absolute Gasteiger partial charge is 0.494 e. The molecule has 0 saturated heterocycles. The fourth-order valence-corrected chi connectivity index (χ4v) is 3.78. The number of ether oxygens (including phenoxy) is 2. The SMILES string of the molecule is CCOc1ccc(-c2c(C#N)c(N)nc(SCC(=O)OCc3ccccc3)c2C#N)cc1. The summed E-state index contributed by atoms with van der Waals surface area (Å²) in [7, 11) is 0. The van der Waals surface area contributed by atoms with E-state index in [0.717, 1.165) is 17.3 Å². The molecule has 2 N–H and O–H groups in total. The van der Waals surface area contributed by atoms with Gasteiger partial charge in [0.25, 0.3) is 0 Å². The number of nitrogen functional groups attached to an aromatic ring is 1. The molecule has 0 radical (unpaired) electrons. The average Bonchev–Trinajstić information content (AvgIpc) is 2.82. The Morgan fingerprint density at radius 1 is 1.06 bits per heavy atom. The zero-order valence-electron chi connectivity index (χ0n) is 17.4. The molecule has 0 atom stereocenters. The number of carbonyl (C=O) groups excluding carboxylic acids is 1. The molecule has 7 nitrogen and oxygen atoms in total. The fraction of sp³-hybridized carbons (Fsp3) is 0.167. The zero-order chi connectivity index (χ0) is 22.9. The van der Waals surface area contributed by atoms with Gasteiger partial charge >= 0.3 is 5.97 Å². The van der Waals surface area contributed by atoms with Crippen molar-refractivity contribution in [1.29, 1.82) is 10.5 Å². The molecule has 160 valence electrons. The van der Waals surface area contributed by atoms with E-state index in [4.69, 9.17) is 15.2 Å². The quantitative estimate of drug-likeness (QED) is 0.403. The van der Waals surface area contributed by atoms with Crippen molar-refractivity contribution in [3.05, 3.63) is 71.3 Å². The van der Waals surface area contributed by atoms with Crippen LogP contribution in [0.1, 0.15) is 23.6 Å². The lowest BCUT2D eigenvalue weighted by molar-refractivity contribution is -0.141. The van der Waals surface area contributed by atoms with Crippen molar-refractivity contribution in [2.75, 3.05) is 18.1 Å². The highest BCUT2D eigenvalue weighted by Crippen LogP contribution is 2.36. The van der Waals surface area contributed by atoms with E-state index >= 15 is 0 Å². The average molecular weight is 445 g/mol. The molecule has 0 saturated carbocycles. The van der Waals surface area contributed by atoms with Crippen LogP contribution in [0.2, 0.25) is 0 Å². The van der Waals surface area contributed by atoms with Gasteiger partial charge in [0.2, 0.25) is 0 Å². The number of carbonyl (C=O) groups is 1. The summed E-state index contributed by atoms with van der Waals surface area (Å²) in [6.07, 6.45) is 0. The van der Waals surface area contributed by atoms with Crippen LogP contribution in [0.3, 0.4) is 0 Å². The Morgan fingerprint density at radius 2 is 1.75 bits per heavy atom. The third-order valence-electron chi connectivity index (χ3n) is 4.44. The lowest BCUT2D eigenvalue weighted by atomic mass is 9.97. The Bertz CT molecular complexity index is 1180. The van der Waals surface area contributed by atoms with Crippen LogP contribution in [0.4, 0.5) is 5.82 Å². The lowest BCUT2D eigenvalue weighted by Crippen LogP contribution is -2.09. The van der Waals surface area contributed by atoms with Crippen LogP contribution in [0, 0.1) is 22.7 Å². The van der Waals surface area contributed by atoms with Crippen molar-refractivity contribution < 1.29 is 14.3 Å². The topological polar surface area (TPSA) is 122 Å². The van der Waals surface area contributed by atoms with E-state index in [1.165, 1.54) is 0 Å². The van der Waals surface area contributed by atoms with Crippen molar-refractivity contribution in [1.82, 2.24) is 4.98 Å². The summed E-state index contributed by atoms with van der Waals surface area (Å²) >= 11 is 1.05. The van der Waals surface area contributed by atoms with E-state index in [1.54, 1.807) is 24.3 Å². The molecular weight excluding hydrogens is 424 g/mol. The van der Waals surface area contributed by atoms with Crippen LogP contribution >= 0.6 is 11.8 Å². The van der Waals surface area contributed by atoms with Crippen LogP contribution in [0.5, 0.6) is 5.75 Å². The fourth-order valence-electron chi connectivity index (χ4n) is 2.98. The number of hydrogen-bond acceptors (Lipinski definition) is 8. The summed E-state index contributed by atoms with van der Waals surface area (Å²) < 4.78 is 10.7. The van der Waals surface area contributed by atoms with Gasteiger partial charge in [0, 0.05) is 5.56 Å². The van der Waals surface area contributed by atoms with Gasteiger partial charge in [-0.1, -0.05) is 54.2 Å². The van der Waals surface area contributed by atoms with E-state index in [2.05, 4.69) is 11.1 Å². The lowest BCUT2D eigenvalue weighted by Gasteiger charge is -2.13. The predicted molar refractivity (Wildman–Crippen MR) is 122 cm³/mol. The van der Waals surface area contributed by atoms with Gasteiger partial charge < -0.3 is 15.2 Å². The molecule has 1 aromatic heterocycles. The number of aromatic nitrogens is 1. The Balaban J connectivity index is 1.84. The maximum atomic E-state index is 12.2. The smallest absolute Gasteiger partial charge is 0.316 e. The van der Waals surface area contributed by atoms with Gasteiger partial charge in [-0.3, -0.25) is 4.79 Å². The molecule has 3 aromatic rings. The molecule has 0 unspecified atom stereocenters. The van der Waals surface area contributed by atoms with Gasteiger partial charge in [-0.05, 0) is 30.2 Å². The minimum Gasteiger partial charge on any atom is -0.494 e. The first-order valence-electron chi connectivity index (χ1n) is 9.76. The molecule has 0 bridgehead atoms. The molecule has 2 aromatic carbocycles. The van der Waals surface area contributed by atoms with Crippen molar-refractivity contribution in [3.8, 4) is 29.0 Å². The van der Waals surface area contributed by atoms with Gasteiger partial charge in [-0.2, -0.15) is 10.5 Å². The molecule has 32 heavy (non-hydrogen) atoms. The van der Waals surface area contributed by atoms with E-state index in [1.807, 2.05) is 43.3 Å². The van der Waals surface area contributed by atoms with Crippen LogP contribution in [-0.4, -0.2) is 23.3 Å². The first kappa shape index (κ1) is 22.7. The van der Waals surface area contributed by atoms with Crippen LogP contribution in [0.25, 0.3) is 11.1 Å². The molecule has 1 heterocycles. The first-order valence-corrected chi connectivity index (χ1v) is 10.7. The highest BCUT2D eigenvalue weighted by molar-refractivity contribution is 7.99. The highest BCUT2D eigenvalue weighted by atomic mass is 32.2. The van der Waals surface area contributed by atoms with Gasteiger partial charge in [0.05, 0.1) is 17.9 Å². The number of rotatable bonds is 8. The molecule has 0 aliphatic rings. The monoisotopic (exact) mass is 444 g/mol. The zero-order valence-corrected chi connectivity index (χ0v) is 18.2. The summed E-state index contributed by atoms with van der Waals surface area (Å²) in [4.78, 5) is 16.4. The van der Waals surface area contributed by atoms with Crippen LogP contribution in [0.15, 0.2) is 59.6 Å². The predicted octanol–water partition coefficient (Wildman–Crippen LogP) is 4.31. The number of pyridine rings is 1.